The predicted molar refractivity (Wildman–Crippen MR) is 139 cm³/mol. The van der Waals surface area contributed by atoms with Crippen molar-refractivity contribution in [2.45, 2.75) is 20.0 Å². The third-order valence-corrected chi connectivity index (χ3v) is 6.50. The van der Waals surface area contributed by atoms with Crippen molar-refractivity contribution in [1.82, 2.24) is 9.66 Å². The minimum atomic E-state index is -4.44. The lowest BCUT2D eigenvalue weighted by atomic mass is 10.1. The van der Waals surface area contributed by atoms with E-state index in [0.29, 0.717) is 16.1 Å². The number of pyridine rings is 1. The summed E-state index contributed by atoms with van der Waals surface area (Å²) in [5.74, 6) is 0. The number of halogens is 3. The molecule has 5 aromatic rings. The highest BCUT2D eigenvalue weighted by Gasteiger charge is 2.30. The van der Waals surface area contributed by atoms with E-state index >= 15 is 0 Å². The van der Waals surface area contributed by atoms with Crippen molar-refractivity contribution in [2.75, 3.05) is 0 Å². The van der Waals surface area contributed by atoms with E-state index in [9.17, 15) is 13.2 Å². The number of hydrogen-bond donors (Lipinski definition) is 0. The molecule has 0 aliphatic rings. The van der Waals surface area contributed by atoms with E-state index in [1.807, 2.05) is 62.4 Å². The van der Waals surface area contributed by atoms with Crippen LogP contribution in [0.1, 0.15) is 22.3 Å². The Hall–Kier alpha value is -4.04. The van der Waals surface area contributed by atoms with Crippen LogP contribution >= 0.6 is 11.3 Å². The van der Waals surface area contributed by atoms with Crippen molar-refractivity contribution < 1.29 is 13.2 Å². The second kappa shape index (κ2) is 9.54. The molecule has 0 N–H and O–H groups in total. The van der Waals surface area contributed by atoms with Crippen LogP contribution in [0.25, 0.3) is 22.2 Å². The highest BCUT2D eigenvalue weighted by Crippen LogP contribution is 2.32. The summed E-state index contributed by atoms with van der Waals surface area (Å²) in [6.45, 7) is 3.99. The maximum Gasteiger partial charge on any atom is 0.416 e. The van der Waals surface area contributed by atoms with E-state index in [2.05, 4.69) is 10.1 Å². The third kappa shape index (κ3) is 4.99. The van der Waals surface area contributed by atoms with Crippen LogP contribution in [0.15, 0.2) is 94.5 Å². The van der Waals surface area contributed by atoms with E-state index < -0.39 is 11.7 Å². The number of aromatic nitrogens is 2. The quantitative estimate of drug-likeness (QED) is 0.235. The van der Waals surface area contributed by atoms with Crippen LogP contribution in [0.5, 0.6) is 0 Å². The van der Waals surface area contributed by atoms with E-state index in [-0.39, 0.29) is 0 Å². The molecule has 0 unspecified atom stereocenters. The average molecular weight is 503 g/mol. The molecule has 36 heavy (non-hydrogen) atoms. The Labute approximate surface area is 209 Å². The summed E-state index contributed by atoms with van der Waals surface area (Å²) in [5.41, 5.74) is 4.82. The van der Waals surface area contributed by atoms with E-state index in [1.54, 1.807) is 28.5 Å². The maximum absolute atomic E-state index is 13.4. The first-order valence-electron chi connectivity index (χ1n) is 11.2. The maximum atomic E-state index is 13.4. The number of alkyl halides is 3. The van der Waals surface area contributed by atoms with Crippen molar-refractivity contribution in [2.24, 2.45) is 10.1 Å². The minimum Gasteiger partial charge on any atom is -0.256 e. The van der Waals surface area contributed by atoms with E-state index in [1.165, 1.54) is 17.4 Å². The molecule has 0 spiro atoms. The molecule has 5 rings (SSSR count). The molecule has 0 saturated heterocycles. The monoisotopic (exact) mass is 502 g/mol. The van der Waals surface area contributed by atoms with Gasteiger partial charge < -0.3 is 0 Å². The van der Waals surface area contributed by atoms with Crippen molar-refractivity contribution in [3.8, 4) is 11.3 Å². The van der Waals surface area contributed by atoms with Crippen molar-refractivity contribution >= 4 is 34.1 Å². The van der Waals surface area contributed by atoms with Gasteiger partial charge in [0, 0.05) is 22.5 Å². The molecular formula is C28H21F3N4S. The Balaban J connectivity index is 1.65. The Morgan fingerprint density at radius 1 is 0.944 bits per heavy atom. The van der Waals surface area contributed by atoms with Crippen LogP contribution in [0.4, 0.5) is 18.9 Å². The van der Waals surface area contributed by atoms with Gasteiger partial charge in [-0.05, 0) is 61.4 Å². The fraction of sp³-hybridized carbons (Fsp3) is 0.107. The second-order valence-corrected chi connectivity index (χ2v) is 9.23. The lowest BCUT2D eigenvalue weighted by Crippen LogP contribution is -2.12. The average Bonchev–Trinajstić information content (AvgIpc) is 3.26. The molecule has 0 amide bonds. The third-order valence-electron chi connectivity index (χ3n) is 5.69. The number of rotatable bonds is 4. The molecule has 0 atom stereocenters. The van der Waals surface area contributed by atoms with Crippen LogP contribution < -0.4 is 4.80 Å². The first-order chi connectivity index (χ1) is 17.3. The summed E-state index contributed by atoms with van der Waals surface area (Å²) in [6, 6.07) is 20.8. The Morgan fingerprint density at radius 2 is 1.81 bits per heavy atom. The molecule has 2 aromatic heterocycles. The first-order valence-corrected chi connectivity index (χ1v) is 12.1. The Morgan fingerprint density at radius 3 is 2.61 bits per heavy atom. The molecule has 8 heteroatoms. The lowest BCUT2D eigenvalue weighted by Gasteiger charge is -2.09. The number of nitrogens with zero attached hydrogens (tertiary/aromatic N) is 4. The highest BCUT2D eigenvalue weighted by molar-refractivity contribution is 7.07. The molecule has 2 heterocycles. The Kier molecular flexibility index (Phi) is 6.28. The summed E-state index contributed by atoms with van der Waals surface area (Å²) in [4.78, 5) is 9.68. The minimum absolute atomic E-state index is 0.406. The zero-order chi connectivity index (χ0) is 25.3. The predicted octanol–water partition coefficient (Wildman–Crippen LogP) is 7.52. The summed E-state index contributed by atoms with van der Waals surface area (Å²) in [6.07, 6.45) is -1.03. The van der Waals surface area contributed by atoms with Gasteiger partial charge in [0.1, 0.15) is 0 Å². The normalized spacial score (nSPS) is 12.6. The van der Waals surface area contributed by atoms with Crippen molar-refractivity contribution in [1.29, 1.82) is 0 Å². The zero-order valence-corrected chi connectivity index (χ0v) is 20.3. The van der Waals surface area contributed by atoms with Crippen LogP contribution in [0, 0.1) is 13.8 Å². The van der Waals surface area contributed by atoms with Crippen LogP contribution in [0.3, 0.4) is 0 Å². The summed E-state index contributed by atoms with van der Waals surface area (Å²) in [5, 5.41) is 7.41. The van der Waals surface area contributed by atoms with Gasteiger partial charge >= 0.3 is 6.18 Å². The molecule has 0 saturated carbocycles. The van der Waals surface area contributed by atoms with Crippen LogP contribution in [0.2, 0.25) is 0 Å². The van der Waals surface area contributed by atoms with Gasteiger partial charge in [0.05, 0.1) is 28.7 Å². The molecule has 0 aliphatic heterocycles. The topological polar surface area (TPSA) is 42.5 Å². The summed E-state index contributed by atoms with van der Waals surface area (Å²) >= 11 is 1.32. The molecule has 0 bridgehead atoms. The van der Waals surface area contributed by atoms with Gasteiger partial charge in [-0.1, -0.05) is 42.0 Å². The van der Waals surface area contributed by atoms with Crippen molar-refractivity contribution in [3.05, 3.63) is 111 Å². The van der Waals surface area contributed by atoms with Gasteiger partial charge in [0.15, 0.2) is 0 Å². The molecule has 4 nitrogen and oxygen atoms in total. The molecular weight excluding hydrogens is 481 g/mol. The molecule has 0 fully saturated rings. The van der Waals surface area contributed by atoms with Gasteiger partial charge in [-0.15, -0.1) is 11.3 Å². The molecule has 0 aliphatic carbocycles. The summed E-state index contributed by atoms with van der Waals surface area (Å²) < 4.78 is 41.8. The smallest absolute Gasteiger partial charge is 0.256 e. The van der Waals surface area contributed by atoms with Gasteiger partial charge in [0.2, 0.25) is 4.80 Å². The van der Waals surface area contributed by atoms with Gasteiger partial charge in [0.25, 0.3) is 0 Å². The molecule has 180 valence electrons. The largest absolute Gasteiger partial charge is 0.416 e. The van der Waals surface area contributed by atoms with Crippen LogP contribution in [-0.2, 0) is 6.18 Å². The standard InChI is InChI=1S/C28H21F3N4S/c1-18-8-10-24(19(2)13-18)34-27-35(33-16-20-9-11-25-21(14-20)6-4-12-32-25)26(17-36-27)22-5-3-7-23(15-22)28(29,30)31/h3-17H,1-2H3/b33-16+,34-27?. The Bertz CT molecular complexity index is 1660. The van der Waals surface area contributed by atoms with Crippen molar-refractivity contribution in [3.63, 3.8) is 0 Å². The van der Waals surface area contributed by atoms with Gasteiger partial charge in [-0.3, -0.25) is 4.98 Å². The fourth-order valence-corrected chi connectivity index (χ4v) is 4.72. The number of fused-ring (bicyclic) bond motifs is 1. The number of aryl methyl sites for hydroxylation is 2. The molecule has 3 aromatic carbocycles. The SMILES string of the molecule is Cc1ccc(N=c2scc(-c3cccc(C(F)(F)F)c3)n2/N=C/c2ccc3ncccc3c2)c(C)c1. The zero-order valence-electron chi connectivity index (χ0n) is 19.5. The number of hydrogen-bond acceptors (Lipinski definition) is 4. The summed E-state index contributed by atoms with van der Waals surface area (Å²) in [7, 11) is 0. The van der Waals surface area contributed by atoms with Crippen LogP contribution in [-0.4, -0.2) is 15.9 Å². The van der Waals surface area contributed by atoms with Gasteiger partial charge in [-0.2, -0.15) is 18.3 Å². The number of benzene rings is 3. The number of thiazole rings is 1. The lowest BCUT2D eigenvalue weighted by molar-refractivity contribution is -0.137. The first kappa shape index (κ1) is 23.7. The van der Waals surface area contributed by atoms with Gasteiger partial charge in [-0.25, -0.2) is 9.67 Å². The molecule has 0 radical (unpaired) electrons. The van der Waals surface area contributed by atoms with E-state index in [4.69, 9.17) is 4.99 Å². The van der Waals surface area contributed by atoms with E-state index in [0.717, 1.165) is 45.4 Å². The highest BCUT2D eigenvalue weighted by atomic mass is 32.1. The second-order valence-electron chi connectivity index (χ2n) is 8.40. The fourth-order valence-electron chi connectivity index (χ4n) is 3.87.